The largest absolute Gasteiger partial charge is 0.396 e. The van der Waals surface area contributed by atoms with Crippen LogP contribution >= 0.6 is 0 Å². The summed E-state index contributed by atoms with van der Waals surface area (Å²) in [6.07, 6.45) is 1.10. The zero-order chi connectivity index (χ0) is 13.5. The van der Waals surface area contributed by atoms with Crippen molar-refractivity contribution in [2.45, 2.75) is 13.3 Å². The fourth-order valence-corrected chi connectivity index (χ4v) is 1.73. The van der Waals surface area contributed by atoms with E-state index in [-0.39, 0.29) is 17.9 Å². The monoisotopic (exact) mass is 252 g/mol. The standard InChI is InChI=1S/C12H16N2O4/c1-2-13(6-3-7-15)11-4-5-12(14(17)18)10(8-11)9-16/h4-5,8-9,15H,2-3,6-7H2,1H3. The van der Waals surface area contributed by atoms with Crippen molar-refractivity contribution < 1.29 is 14.8 Å². The molecule has 0 unspecified atom stereocenters. The van der Waals surface area contributed by atoms with E-state index in [4.69, 9.17) is 5.11 Å². The molecule has 1 N–H and O–H groups in total. The van der Waals surface area contributed by atoms with Gasteiger partial charge in [0.2, 0.25) is 0 Å². The highest BCUT2D eigenvalue weighted by molar-refractivity contribution is 5.83. The van der Waals surface area contributed by atoms with Gasteiger partial charge in [-0.05, 0) is 25.5 Å². The van der Waals surface area contributed by atoms with Crippen LogP contribution in [0.4, 0.5) is 11.4 Å². The average Bonchev–Trinajstić information content (AvgIpc) is 2.39. The molecule has 0 spiro atoms. The van der Waals surface area contributed by atoms with Gasteiger partial charge in [0.15, 0.2) is 6.29 Å². The van der Waals surface area contributed by atoms with Crippen LogP contribution < -0.4 is 4.90 Å². The van der Waals surface area contributed by atoms with Gasteiger partial charge in [-0.3, -0.25) is 14.9 Å². The smallest absolute Gasteiger partial charge is 0.280 e. The van der Waals surface area contributed by atoms with E-state index in [2.05, 4.69) is 0 Å². The summed E-state index contributed by atoms with van der Waals surface area (Å²) in [6, 6.07) is 4.46. The molecule has 0 fully saturated rings. The predicted molar refractivity (Wildman–Crippen MR) is 68.1 cm³/mol. The van der Waals surface area contributed by atoms with E-state index in [1.54, 1.807) is 6.07 Å². The number of hydrogen-bond acceptors (Lipinski definition) is 5. The minimum atomic E-state index is -0.572. The summed E-state index contributed by atoms with van der Waals surface area (Å²) in [4.78, 5) is 22.9. The van der Waals surface area contributed by atoms with Gasteiger partial charge in [-0.25, -0.2) is 0 Å². The molecule has 0 saturated carbocycles. The average molecular weight is 252 g/mol. The molecule has 1 aromatic rings. The van der Waals surface area contributed by atoms with Crippen molar-refractivity contribution >= 4 is 17.7 Å². The molecular weight excluding hydrogens is 236 g/mol. The molecule has 6 heteroatoms. The third kappa shape index (κ3) is 3.27. The number of rotatable bonds is 7. The number of nitrogens with zero attached hydrogens (tertiary/aromatic N) is 2. The van der Waals surface area contributed by atoms with E-state index in [1.807, 2.05) is 11.8 Å². The minimum Gasteiger partial charge on any atom is -0.396 e. The zero-order valence-corrected chi connectivity index (χ0v) is 10.2. The van der Waals surface area contributed by atoms with Crippen molar-refractivity contribution in [1.29, 1.82) is 0 Å². The van der Waals surface area contributed by atoms with Crippen LogP contribution in [0.15, 0.2) is 18.2 Å². The normalized spacial score (nSPS) is 10.1. The van der Waals surface area contributed by atoms with Crippen LogP contribution in [0, 0.1) is 10.1 Å². The minimum absolute atomic E-state index is 0.0694. The topological polar surface area (TPSA) is 83.7 Å². The fraction of sp³-hybridized carbons (Fsp3) is 0.417. The number of benzene rings is 1. The highest BCUT2D eigenvalue weighted by atomic mass is 16.6. The van der Waals surface area contributed by atoms with Crippen molar-refractivity contribution in [2.75, 3.05) is 24.6 Å². The SMILES string of the molecule is CCN(CCCO)c1ccc([N+](=O)[O-])c(C=O)c1. The van der Waals surface area contributed by atoms with Gasteiger partial charge in [-0.1, -0.05) is 0 Å². The summed E-state index contributed by atoms with van der Waals surface area (Å²) in [6.45, 7) is 3.38. The second-order valence-electron chi connectivity index (χ2n) is 3.77. The van der Waals surface area contributed by atoms with Gasteiger partial charge in [0, 0.05) is 31.5 Å². The lowest BCUT2D eigenvalue weighted by Gasteiger charge is -2.22. The second kappa shape index (κ2) is 6.70. The van der Waals surface area contributed by atoms with Crippen LogP contribution in [-0.4, -0.2) is 36.0 Å². The van der Waals surface area contributed by atoms with Crippen LogP contribution in [0.5, 0.6) is 0 Å². The number of nitro groups is 1. The number of aldehydes is 1. The molecule has 1 rings (SSSR count). The molecule has 1 aromatic carbocycles. The Morgan fingerprint density at radius 1 is 1.50 bits per heavy atom. The molecule has 0 aliphatic heterocycles. The van der Waals surface area contributed by atoms with Crippen molar-refractivity contribution in [3.05, 3.63) is 33.9 Å². The first kappa shape index (κ1) is 14.1. The van der Waals surface area contributed by atoms with Crippen molar-refractivity contribution in [2.24, 2.45) is 0 Å². The van der Waals surface area contributed by atoms with E-state index < -0.39 is 4.92 Å². The zero-order valence-electron chi connectivity index (χ0n) is 10.2. The van der Waals surface area contributed by atoms with Crippen LogP contribution in [0.25, 0.3) is 0 Å². The van der Waals surface area contributed by atoms with Gasteiger partial charge < -0.3 is 10.0 Å². The summed E-state index contributed by atoms with van der Waals surface area (Å²) in [5.74, 6) is 0. The number of aliphatic hydroxyl groups is 1. The maximum atomic E-state index is 10.8. The molecule has 0 saturated heterocycles. The summed E-state index contributed by atoms with van der Waals surface area (Å²) in [5, 5.41) is 19.5. The Balaban J connectivity index is 3.02. The lowest BCUT2D eigenvalue weighted by molar-refractivity contribution is -0.385. The highest BCUT2D eigenvalue weighted by Gasteiger charge is 2.15. The van der Waals surface area contributed by atoms with Crippen LogP contribution in [0.1, 0.15) is 23.7 Å². The van der Waals surface area contributed by atoms with Crippen LogP contribution in [0.2, 0.25) is 0 Å². The third-order valence-electron chi connectivity index (χ3n) is 2.67. The Bertz CT molecular complexity index is 434. The molecule has 0 radical (unpaired) electrons. The third-order valence-corrected chi connectivity index (χ3v) is 2.67. The molecule has 0 aliphatic carbocycles. The number of anilines is 1. The van der Waals surface area contributed by atoms with Crippen molar-refractivity contribution in [1.82, 2.24) is 0 Å². The van der Waals surface area contributed by atoms with Crippen molar-refractivity contribution in [3.8, 4) is 0 Å². The Kier molecular flexibility index (Phi) is 5.26. The molecule has 18 heavy (non-hydrogen) atoms. The Morgan fingerprint density at radius 2 is 2.22 bits per heavy atom. The number of carbonyl (C=O) groups is 1. The number of carbonyl (C=O) groups excluding carboxylic acids is 1. The van der Waals surface area contributed by atoms with Crippen LogP contribution in [-0.2, 0) is 0 Å². The maximum absolute atomic E-state index is 10.8. The second-order valence-corrected chi connectivity index (χ2v) is 3.77. The van der Waals surface area contributed by atoms with E-state index in [1.165, 1.54) is 12.1 Å². The van der Waals surface area contributed by atoms with Gasteiger partial charge in [-0.2, -0.15) is 0 Å². The maximum Gasteiger partial charge on any atom is 0.280 e. The molecule has 0 aromatic heterocycles. The fourth-order valence-electron chi connectivity index (χ4n) is 1.73. The first-order valence-corrected chi connectivity index (χ1v) is 5.73. The molecule has 0 amide bonds. The van der Waals surface area contributed by atoms with Crippen LogP contribution in [0.3, 0.4) is 0 Å². The molecule has 0 aliphatic rings. The Hall–Kier alpha value is -1.95. The Morgan fingerprint density at radius 3 is 2.72 bits per heavy atom. The van der Waals surface area contributed by atoms with E-state index in [0.717, 1.165) is 5.69 Å². The Labute approximate surface area is 105 Å². The molecule has 98 valence electrons. The van der Waals surface area contributed by atoms with E-state index >= 15 is 0 Å². The number of hydrogen-bond donors (Lipinski definition) is 1. The van der Waals surface area contributed by atoms with Gasteiger partial charge in [0.1, 0.15) is 0 Å². The van der Waals surface area contributed by atoms with Crippen molar-refractivity contribution in [3.63, 3.8) is 0 Å². The molecule has 0 atom stereocenters. The molecular formula is C12H16N2O4. The lowest BCUT2D eigenvalue weighted by atomic mass is 10.1. The number of aliphatic hydroxyl groups excluding tert-OH is 1. The molecule has 6 nitrogen and oxygen atoms in total. The van der Waals surface area contributed by atoms with Gasteiger partial charge in [0.05, 0.1) is 10.5 Å². The summed E-state index contributed by atoms with van der Waals surface area (Å²) in [5.41, 5.74) is 0.630. The predicted octanol–water partition coefficient (Wildman–Crippen LogP) is 1.62. The van der Waals surface area contributed by atoms with Gasteiger partial charge >= 0.3 is 0 Å². The summed E-state index contributed by atoms with van der Waals surface area (Å²) >= 11 is 0. The lowest BCUT2D eigenvalue weighted by Crippen LogP contribution is -2.24. The molecule has 0 bridgehead atoms. The first-order valence-electron chi connectivity index (χ1n) is 5.73. The molecule has 0 heterocycles. The summed E-state index contributed by atoms with van der Waals surface area (Å²) < 4.78 is 0. The summed E-state index contributed by atoms with van der Waals surface area (Å²) in [7, 11) is 0. The quantitative estimate of drug-likeness (QED) is 0.453. The number of nitro benzene ring substituents is 1. The van der Waals surface area contributed by atoms with E-state index in [9.17, 15) is 14.9 Å². The first-order chi connectivity index (χ1) is 8.63. The van der Waals surface area contributed by atoms with Gasteiger partial charge in [0.25, 0.3) is 5.69 Å². The highest BCUT2D eigenvalue weighted by Crippen LogP contribution is 2.23. The van der Waals surface area contributed by atoms with Gasteiger partial charge in [-0.15, -0.1) is 0 Å². The van der Waals surface area contributed by atoms with E-state index in [0.29, 0.717) is 25.8 Å².